The third-order valence-corrected chi connectivity index (χ3v) is 9.96. The lowest BCUT2D eigenvalue weighted by Gasteiger charge is -2.15. The predicted octanol–water partition coefficient (Wildman–Crippen LogP) is 6.34. The molecule has 0 bridgehead atoms. The summed E-state index contributed by atoms with van der Waals surface area (Å²) < 4.78 is 25.2. The lowest BCUT2D eigenvalue weighted by Crippen LogP contribution is -2.22. The number of carbonyl (C=O) groups is 2. The van der Waals surface area contributed by atoms with Crippen molar-refractivity contribution >= 4 is 50.5 Å². The number of hydrogen-bond donors (Lipinski definition) is 0. The number of rotatable bonds is 14. The van der Waals surface area contributed by atoms with E-state index in [2.05, 4.69) is 49.5 Å². The molecule has 0 spiro atoms. The summed E-state index contributed by atoms with van der Waals surface area (Å²) >= 11 is 0. The quantitative estimate of drug-likeness (QED) is 0.0923. The minimum atomic E-state index is -1.09. The summed E-state index contributed by atoms with van der Waals surface area (Å²) in [6, 6.07) is 9.39. The van der Waals surface area contributed by atoms with Gasteiger partial charge in [0, 0.05) is 57.5 Å². The van der Waals surface area contributed by atoms with Gasteiger partial charge >= 0.3 is 0 Å². The molecule has 228 valence electrons. The number of ether oxygens (including phenoxy) is 4. The maximum absolute atomic E-state index is 11.3. The zero-order chi connectivity index (χ0) is 30.9. The summed E-state index contributed by atoms with van der Waals surface area (Å²) in [5.41, 5.74) is 2.57. The number of methoxy groups -OCH3 is 2. The summed E-state index contributed by atoms with van der Waals surface area (Å²) in [5, 5.41) is 10.5. The normalized spacial score (nSPS) is 11.8. The first kappa shape index (κ1) is 33.2. The molecular weight excluding hydrogens is 569 g/mol. The molecule has 0 fully saturated rings. The van der Waals surface area contributed by atoms with Gasteiger partial charge in [-0.2, -0.15) is 10.2 Å². The van der Waals surface area contributed by atoms with Gasteiger partial charge in [0.2, 0.25) is 0 Å². The fraction of sp³-hybridized carbons (Fsp3) is 0.467. The van der Waals surface area contributed by atoms with Crippen LogP contribution in [0.3, 0.4) is 0 Å². The highest BCUT2D eigenvalue weighted by Gasteiger charge is 2.15. The third-order valence-electron chi connectivity index (χ3n) is 6.55. The Morgan fingerprint density at radius 2 is 1.31 bits per heavy atom. The standard InChI is InChI=1S/2C15H22N2O3Si/c1-19-14-7-12-9-17(11-20-5-6-21(2,3)4)16-15(12)13(8-14)10-18;1-19-14-7-12-9-16-17(15(12)13(8-14)10-18)11-20-5-6-21(2,3)4/h2*7-10H,5-6,11H2,1-4H3. The maximum atomic E-state index is 11.3. The molecule has 0 saturated heterocycles. The van der Waals surface area contributed by atoms with E-state index in [0.717, 1.165) is 54.2 Å². The highest BCUT2D eigenvalue weighted by Crippen LogP contribution is 2.25. The van der Waals surface area contributed by atoms with Crippen LogP contribution in [-0.2, 0) is 22.9 Å². The number of aldehydes is 2. The van der Waals surface area contributed by atoms with Crippen LogP contribution in [-0.4, -0.2) is 75.7 Å². The van der Waals surface area contributed by atoms with Crippen LogP contribution in [0.1, 0.15) is 20.7 Å². The fourth-order valence-corrected chi connectivity index (χ4v) is 5.58. The number of fused-ring (bicyclic) bond motifs is 2. The van der Waals surface area contributed by atoms with Crippen molar-refractivity contribution in [2.24, 2.45) is 0 Å². The van der Waals surface area contributed by atoms with Gasteiger partial charge in [-0.15, -0.1) is 0 Å². The van der Waals surface area contributed by atoms with Crippen LogP contribution in [0.15, 0.2) is 36.7 Å². The summed E-state index contributed by atoms with van der Waals surface area (Å²) in [6.45, 7) is 16.1. The number of aromatic nitrogens is 4. The van der Waals surface area contributed by atoms with E-state index in [4.69, 9.17) is 18.9 Å². The molecule has 0 aliphatic rings. The number of hydrogen-bond acceptors (Lipinski definition) is 8. The Kier molecular flexibility index (Phi) is 11.6. The molecular formula is C30H44N4O6Si2. The van der Waals surface area contributed by atoms with Crippen LogP contribution >= 0.6 is 0 Å². The Morgan fingerprint density at radius 1 is 0.762 bits per heavy atom. The smallest absolute Gasteiger partial charge is 0.152 e. The van der Waals surface area contributed by atoms with E-state index in [0.29, 0.717) is 41.6 Å². The van der Waals surface area contributed by atoms with Crippen LogP contribution in [0.2, 0.25) is 51.4 Å². The van der Waals surface area contributed by atoms with Crippen molar-refractivity contribution in [1.82, 2.24) is 19.6 Å². The Bertz CT molecular complexity index is 1480. The van der Waals surface area contributed by atoms with Crippen molar-refractivity contribution in [2.45, 2.75) is 64.8 Å². The van der Waals surface area contributed by atoms with E-state index in [-0.39, 0.29) is 0 Å². The van der Waals surface area contributed by atoms with E-state index in [1.165, 1.54) is 0 Å². The van der Waals surface area contributed by atoms with Crippen molar-refractivity contribution in [3.63, 3.8) is 0 Å². The molecule has 2 aromatic carbocycles. The maximum Gasteiger partial charge on any atom is 0.152 e. The van der Waals surface area contributed by atoms with Gasteiger partial charge in [0.05, 0.1) is 25.9 Å². The highest BCUT2D eigenvalue weighted by atomic mass is 28.3. The molecule has 0 amide bonds. The van der Waals surface area contributed by atoms with Crippen molar-refractivity contribution in [3.8, 4) is 11.5 Å². The van der Waals surface area contributed by atoms with Crippen LogP contribution in [0.25, 0.3) is 21.8 Å². The molecule has 2 heterocycles. The SMILES string of the molecule is COc1cc(C=O)c2c(cnn2COCC[Si](C)(C)C)c1.COc1cc(C=O)c2nn(COCC[Si](C)(C)C)cc2c1. The second-order valence-electron chi connectivity index (χ2n) is 12.6. The Morgan fingerprint density at radius 3 is 1.86 bits per heavy atom. The number of benzene rings is 2. The predicted molar refractivity (Wildman–Crippen MR) is 172 cm³/mol. The van der Waals surface area contributed by atoms with Gasteiger partial charge in [-0.3, -0.25) is 9.59 Å². The van der Waals surface area contributed by atoms with Gasteiger partial charge in [0.1, 0.15) is 30.5 Å². The summed E-state index contributed by atoms with van der Waals surface area (Å²) in [7, 11) is 1.00. The first-order valence-corrected chi connectivity index (χ1v) is 21.4. The largest absolute Gasteiger partial charge is 0.497 e. The van der Waals surface area contributed by atoms with Gasteiger partial charge in [-0.1, -0.05) is 39.3 Å². The van der Waals surface area contributed by atoms with Crippen LogP contribution in [0.5, 0.6) is 11.5 Å². The van der Waals surface area contributed by atoms with Gasteiger partial charge in [-0.05, 0) is 36.4 Å². The molecule has 4 aromatic rings. The molecule has 0 unspecified atom stereocenters. The summed E-state index contributed by atoms with van der Waals surface area (Å²) in [5.74, 6) is 1.31. The monoisotopic (exact) mass is 612 g/mol. The van der Waals surface area contributed by atoms with Crippen LogP contribution in [0.4, 0.5) is 0 Å². The Hall–Kier alpha value is -3.33. The Labute approximate surface area is 249 Å². The molecule has 4 rings (SSSR count). The van der Waals surface area contributed by atoms with Crippen LogP contribution < -0.4 is 9.47 Å². The van der Waals surface area contributed by atoms with Crippen molar-refractivity contribution in [3.05, 3.63) is 47.8 Å². The van der Waals surface area contributed by atoms with Crippen molar-refractivity contribution in [2.75, 3.05) is 27.4 Å². The van der Waals surface area contributed by atoms with Crippen molar-refractivity contribution in [1.29, 1.82) is 0 Å². The van der Waals surface area contributed by atoms with E-state index < -0.39 is 16.1 Å². The first-order chi connectivity index (χ1) is 19.9. The second kappa shape index (κ2) is 14.7. The molecule has 0 aliphatic carbocycles. The van der Waals surface area contributed by atoms with Gasteiger partial charge in [0.25, 0.3) is 0 Å². The van der Waals surface area contributed by atoms with Crippen LogP contribution in [0, 0.1) is 0 Å². The van der Waals surface area contributed by atoms with E-state index in [1.807, 2.05) is 18.3 Å². The van der Waals surface area contributed by atoms with Crippen molar-refractivity contribution < 1.29 is 28.5 Å². The molecule has 0 aliphatic heterocycles. The summed E-state index contributed by atoms with van der Waals surface area (Å²) in [6.07, 6.45) is 5.23. The lowest BCUT2D eigenvalue weighted by atomic mass is 10.1. The molecule has 0 N–H and O–H groups in total. The van der Waals surface area contributed by atoms with Gasteiger partial charge in [0.15, 0.2) is 12.6 Å². The minimum Gasteiger partial charge on any atom is -0.497 e. The van der Waals surface area contributed by atoms with E-state index >= 15 is 0 Å². The number of carbonyl (C=O) groups excluding carboxylic acids is 2. The first-order valence-electron chi connectivity index (χ1n) is 14.0. The molecule has 10 nitrogen and oxygen atoms in total. The second-order valence-corrected chi connectivity index (χ2v) is 23.8. The fourth-order valence-electron chi connectivity index (χ4n) is 4.07. The zero-order valence-corrected chi connectivity index (χ0v) is 28.1. The van der Waals surface area contributed by atoms with E-state index in [1.54, 1.807) is 41.9 Å². The molecule has 42 heavy (non-hydrogen) atoms. The van der Waals surface area contributed by atoms with E-state index in [9.17, 15) is 9.59 Å². The molecule has 2 aromatic heterocycles. The molecule has 0 atom stereocenters. The van der Waals surface area contributed by atoms with Gasteiger partial charge in [-0.25, -0.2) is 9.36 Å². The minimum absolute atomic E-state index is 0.362. The average Bonchev–Trinajstić information content (AvgIpc) is 3.55. The molecule has 0 radical (unpaired) electrons. The van der Waals surface area contributed by atoms with Gasteiger partial charge < -0.3 is 18.9 Å². The zero-order valence-electron chi connectivity index (χ0n) is 26.1. The topological polar surface area (TPSA) is 107 Å². The lowest BCUT2D eigenvalue weighted by molar-refractivity contribution is 0.0790. The average molecular weight is 613 g/mol. The molecule has 0 saturated carbocycles. The summed E-state index contributed by atoms with van der Waals surface area (Å²) in [4.78, 5) is 22.4. The number of nitrogens with zero attached hydrogens (tertiary/aromatic N) is 4. The highest BCUT2D eigenvalue weighted by molar-refractivity contribution is 6.76. The third kappa shape index (κ3) is 9.61. The molecule has 12 heteroatoms. The Balaban J connectivity index is 0.000000230.